The van der Waals surface area contributed by atoms with E-state index < -0.39 is 18.0 Å². The largest absolute Gasteiger partial charge is 0.481 e. The second kappa shape index (κ2) is 5.04. The molecule has 2 rings (SSSR count). The summed E-state index contributed by atoms with van der Waals surface area (Å²) >= 11 is 0. The van der Waals surface area contributed by atoms with E-state index in [-0.39, 0.29) is 17.9 Å². The third-order valence-electron chi connectivity index (χ3n) is 3.75. The van der Waals surface area contributed by atoms with Crippen LogP contribution in [0, 0.1) is 11.8 Å². The number of carboxylic acid groups (broad SMARTS) is 1. The monoisotopic (exact) mass is 241 g/mol. The number of carboxylic acids is 1. The molecule has 0 bridgehead atoms. The summed E-state index contributed by atoms with van der Waals surface area (Å²) in [5, 5.41) is 21.4. The predicted octanol–water partition coefficient (Wildman–Crippen LogP) is 0.517. The first-order valence-corrected chi connectivity index (χ1v) is 6.31. The molecule has 96 valence electrons. The number of aliphatic hydroxyl groups is 1. The van der Waals surface area contributed by atoms with Crippen LogP contribution in [0.3, 0.4) is 0 Å². The Balaban J connectivity index is 1.83. The Morgan fingerprint density at radius 1 is 1.06 bits per heavy atom. The van der Waals surface area contributed by atoms with Crippen molar-refractivity contribution in [3.05, 3.63) is 0 Å². The van der Waals surface area contributed by atoms with Crippen molar-refractivity contribution in [2.75, 3.05) is 0 Å². The van der Waals surface area contributed by atoms with Crippen LogP contribution in [-0.4, -0.2) is 34.2 Å². The molecule has 2 aliphatic rings. The molecule has 0 radical (unpaired) electrons. The van der Waals surface area contributed by atoms with Gasteiger partial charge in [-0.1, -0.05) is 19.3 Å². The molecule has 1 amide bonds. The van der Waals surface area contributed by atoms with Gasteiger partial charge in [-0.25, -0.2) is 0 Å². The molecule has 3 N–H and O–H groups in total. The number of carbonyl (C=O) groups excluding carboxylic acids is 1. The zero-order valence-corrected chi connectivity index (χ0v) is 9.76. The average molecular weight is 241 g/mol. The number of nitrogens with one attached hydrogen (secondary N) is 1. The van der Waals surface area contributed by atoms with Crippen molar-refractivity contribution in [2.45, 2.75) is 50.7 Å². The molecule has 2 saturated carbocycles. The molecule has 5 nitrogen and oxygen atoms in total. The van der Waals surface area contributed by atoms with E-state index in [1.54, 1.807) is 0 Å². The highest BCUT2D eigenvalue weighted by Crippen LogP contribution is 2.39. The minimum absolute atomic E-state index is 0.194. The number of hydrogen-bond acceptors (Lipinski definition) is 3. The quantitative estimate of drug-likeness (QED) is 0.629. The second-order valence-electron chi connectivity index (χ2n) is 5.11. The van der Waals surface area contributed by atoms with Crippen LogP contribution in [0.2, 0.25) is 0 Å². The summed E-state index contributed by atoms with van der Waals surface area (Å²) in [5.74, 6) is -2.00. The summed E-state index contributed by atoms with van der Waals surface area (Å²) in [5.41, 5.74) is 0. The lowest BCUT2D eigenvalue weighted by Crippen LogP contribution is -2.43. The van der Waals surface area contributed by atoms with Gasteiger partial charge >= 0.3 is 5.97 Å². The fourth-order valence-electron chi connectivity index (χ4n) is 2.50. The Bertz CT molecular complexity index is 318. The van der Waals surface area contributed by atoms with Crippen molar-refractivity contribution in [1.29, 1.82) is 0 Å². The van der Waals surface area contributed by atoms with Crippen molar-refractivity contribution >= 4 is 11.9 Å². The lowest BCUT2D eigenvalue weighted by molar-refractivity contribution is -0.140. The van der Waals surface area contributed by atoms with Gasteiger partial charge in [-0.3, -0.25) is 9.59 Å². The Labute approximate surface area is 100 Å². The minimum atomic E-state index is -0.897. The standard InChI is InChI=1S/C12H19NO4/c14-10-5-3-1-2-4-9(10)13-11(15)7-6-8(7)12(16)17/h7-10,14H,1-6H2,(H,13,15)(H,16,17). The molecule has 0 aromatic carbocycles. The zero-order valence-electron chi connectivity index (χ0n) is 9.76. The molecular weight excluding hydrogens is 222 g/mol. The van der Waals surface area contributed by atoms with E-state index in [9.17, 15) is 14.7 Å². The molecule has 0 aliphatic heterocycles. The van der Waals surface area contributed by atoms with Crippen LogP contribution in [0.4, 0.5) is 0 Å². The van der Waals surface area contributed by atoms with Gasteiger partial charge in [0.25, 0.3) is 0 Å². The van der Waals surface area contributed by atoms with E-state index in [2.05, 4.69) is 5.32 Å². The molecule has 0 aromatic rings. The van der Waals surface area contributed by atoms with Gasteiger partial charge in [0.2, 0.25) is 5.91 Å². The normalized spacial score (nSPS) is 37.0. The molecule has 17 heavy (non-hydrogen) atoms. The van der Waals surface area contributed by atoms with Gasteiger partial charge < -0.3 is 15.5 Å². The number of rotatable bonds is 3. The maximum atomic E-state index is 11.8. The van der Waals surface area contributed by atoms with Crippen LogP contribution in [0.15, 0.2) is 0 Å². The molecule has 2 aliphatic carbocycles. The average Bonchev–Trinajstić information content (AvgIpc) is 3.05. The van der Waals surface area contributed by atoms with E-state index in [4.69, 9.17) is 5.11 Å². The Kier molecular flexibility index (Phi) is 3.66. The topological polar surface area (TPSA) is 86.6 Å². The maximum Gasteiger partial charge on any atom is 0.307 e. The zero-order chi connectivity index (χ0) is 12.4. The van der Waals surface area contributed by atoms with Crippen LogP contribution in [0.1, 0.15) is 38.5 Å². The van der Waals surface area contributed by atoms with Gasteiger partial charge in [-0.05, 0) is 19.3 Å². The molecule has 4 unspecified atom stereocenters. The van der Waals surface area contributed by atoms with Gasteiger partial charge in [0, 0.05) is 0 Å². The number of aliphatic hydroxyl groups excluding tert-OH is 1. The fraction of sp³-hybridized carbons (Fsp3) is 0.833. The van der Waals surface area contributed by atoms with E-state index in [0.29, 0.717) is 6.42 Å². The summed E-state index contributed by atoms with van der Waals surface area (Å²) in [6.07, 6.45) is 4.55. The molecule has 0 saturated heterocycles. The molecule has 4 atom stereocenters. The SMILES string of the molecule is O=C(O)C1CC1C(=O)NC1CCCCCC1O. The van der Waals surface area contributed by atoms with Gasteiger partial charge in [-0.15, -0.1) is 0 Å². The van der Waals surface area contributed by atoms with E-state index in [1.165, 1.54) is 0 Å². The first kappa shape index (κ1) is 12.4. The number of aliphatic carboxylic acids is 1. The maximum absolute atomic E-state index is 11.8. The van der Waals surface area contributed by atoms with Crippen molar-refractivity contribution in [1.82, 2.24) is 5.32 Å². The predicted molar refractivity (Wildman–Crippen MR) is 60.3 cm³/mol. The molecule has 2 fully saturated rings. The van der Waals surface area contributed by atoms with Crippen LogP contribution >= 0.6 is 0 Å². The number of amides is 1. The van der Waals surface area contributed by atoms with Crippen LogP contribution in [0.25, 0.3) is 0 Å². The van der Waals surface area contributed by atoms with Gasteiger partial charge in [0.05, 0.1) is 24.0 Å². The van der Waals surface area contributed by atoms with Crippen LogP contribution < -0.4 is 5.32 Å². The van der Waals surface area contributed by atoms with Crippen molar-refractivity contribution in [3.63, 3.8) is 0 Å². The summed E-state index contributed by atoms with van der Waals surface area (Å²) in [6.45, 7) is 0. The Hall–Kier alpha value is -1.10. The number of carbonyl (C=O) groups is 2. The summed E-state index contributed by atoms with van der Waals surface area (Å²) < 4.78 is 0. The lowest BCUT2D eigenvalue weighted by atomic mass is 10.1. The van der Waals surface area contributed by atoms with Crippen LogP contribution in [0.5, 0.6) is 0 Å². The van der Waals surface area contributed by atoms with Gasteiger partial charge in [0.1, 0.15) is 0 Å². The summed E-state index contributed by atoms with van der Waals surface area (Å²) in [4.78, 5) is 22.4. The van der Waals surface area contributed by atoms with Crippen LogP contribution in [-0.2, 0) is 9.59 Å². The summed E-state index contributed by atoms with van der Waals surface area (Å²) in [7, 11) is 0. The smallest absolute Gasteiger partial charge is 0.307 e. The third kappa shape index (κ3) is 2.97. The highest BCUT2D eigenvalue weighted by molar-refractivity contribution is 5.89. The van der Waals surface area contributed by atoms with Crippen molar-refractivity contribution in [3.8, 4) is 0 Å². The summed E-state index contributed by atoms with van der Waals surface area (Å²) in [6, 6.07) is -0.194. The lowest BCUT2D eigenvalue weighted by Gasteiger charge is -2.21. The molecule has 0 spiro atoms. The van der Waals surface area contributed by atoms with E-state index in [0.717, 1.165) is 32.1 Å². The third-order valence-corrected chi connectivity index (χ3v) is 3.75. The molecule has 0 aromatic heterocycles. The molecule has 5 heteroatoms. The van der Waals surface area contributed by atoms with Gasteiger partial charge in [-0.2, -0.15) is 0 Å². The fourth-order valence-corrected chi connectivity index (χ4v) is 2.50. The second-order valence-corrected chi connectivity index (χ2v) is 5.11. The minimum Gasteiger partial charge on any atom is -0.481 e. The highest BCUT2D eigenvalue weighted by Gasteiger charge is 2.48. The first-order chi connectivity index (χ1) is 8.09. The van der Waals surface area contributed by atoms with Gasteiger partial charge in [0.15, 0.2) is 0 Å². The van der Waals surface area contributed by atoms with E-state index >= 15 is 0 Å². The van der Waals surface area contributed by atoms with Crippen molar-refractivity contribution < 1.29 is 19.8 Å². The Morgan fingerprint density at radius 3 is 2.41 bits per heavy atom. The highest BCUT2D eigenvalue weighted by atomic mass is 16.4. The molecular formula is C12H19NO4. The van der Waals surface area contributed by atoms with E-state index in [1.807, 2.05) is 0 Å². The first-order valence-electron chi connectivity index (χ1n) is 6.31. The molecule has 0 heterocycles. The Morgan fingerprint density at radius 2 is 1.76 bits per heavy atom. The van der Waals surface area contributed by atoms with Crippen molar-refractivity contribution in [2.24, 2.45) is 11.8 Å². The number of hydrogen-bond donors (Lipinski definition) is 3.